The molecular formula is C21H27IN8. The molecule has 0 spiro atoms. The number of hydrogen-bond donors (Lipinski definition) is 1. The van der Waals surface area contributed by atoms with E-state index in [-0.39, 0.29) is 24.0 Å². The Morgan fingerprint density at radius 1 is 1.00 bits per heavy atom. The summed E-state index contributed by atoms with van der Waals surface area (Å²) >= 11 is 0. The third-order valence-electron chi connectivity index (χ3n) is 4.95. The van der Waals surface area contributed by atoms with Crippen molar-refractivity contribution in [3.8, 4) is 0 Å². The average molecular weight is 518 g/mol. The molecule has 2 aromatic heterocycles. The summed E-state index contributed by atoms with van der Waals surface area (Å²) < 4.78 is 1.97. The maximum absolute atomic E-state index is 4.47. The normalized spacial score (nSPS) is 14.4. The van der Waals surface area contributed by atoms with E-state index < -0.39 is 0 Å². The fourth-order valence-electron chi connectivity index (χ4n) is 3.44. The third-order valence-corrected chi connectivity index (χ3v) is 4.95. The quantitative estimate of drug-likeness (QED) is 0.318. The van der Waals surface area contributed by atoms with Crippen molar-refractivity contribution in [2.24, 2.45) is 4.99 Å². The second-order valence-electron chi connectivity index (χ2n) is 6.96. The van der Waals surface area contributed by atoms with Gasteiger partial charge in [-0.25, -0.2) is 9.97 Å². The Hall–Kier alpha value is -2.69. The van der Waals surface area contributed by atoms with Crippen molar-refractivity contribution in [1.29, 1.82) is 0 Å². The summed E-state index contributed by atoms with van der Waals surface area (Å²) in [5, 5.41) is 7.93. The molecular weight excluding hydrogens is 491 g/mol. The summed E-state index contributed by atoms with van der Waals surface area (Å²) in [7, 11) is 1.83. The van der Waals surface area contributed by atoms with E-state index in [0.29, 0.717) is 6.54 Å². The van der Waals surface area contributed by atoms with E-state index in [9.17, 15) is 0 Å². The zero-order valence-corrected chi connectivity index (χ0v) is 19.4. The molecule has 1 N–H and O–H groups in total. The van der Waals surface area contributed by atoms with Gasteiger partial charge >= 0.3 is 0 Å². The van der Waals surface area contributed by atoms with Gasteiger partial charge in [-0.15, -0.1) is 24.0 Å². The van der Waals surface area contributed by atoms with Crippen LogP contribution < -0.4 is 10.2 Å². The van der Waals surface area contributed by atoms with Crippen LogP contribution in [-0.4, -0.2) is 63.8 Å². The molecule has 158 valence electrons. The number of anilines is 1. The van der Waals surface area contributed by atoms with Crippen LogP contribution in [0.3, 0.4) is 0 Å². The molecule has 4 rings (SSSR count). The van der Waals surface area contributed by atoms with Crippen molar-refractivity contribution < 1.29 is 0 Å². The highest BCUT2D eigenvalue weighted by Crippen LogP contribution is 2.10. The Balaban J connectivity index is 0.00000256. The van der Waals surface area contributed by atoms with Crippen LogP contribution >= 0.6 is 24.0 Å². The van der Waals surface area contributed by atoms with Crippen LogP contribution in [-0.2, 0) is 13.1 Å². The van der Waals surface area contributed by atoms with Crippen LogP contribution in [0.25, 0.3) is 0 Å². The smallest absolute Gasteiger partial charge is 0.225 e. The van der Waals surface area contributed by atoms with Gasteiger partial charge in [0.2, 0.25) is 5.95 Å². The molecule has 0 saturated carbocycles. The van der Waals surface area contributed by atoms with Crippen molar-refractivity contribution in [3.05, 3.63) is 72.3 Å². The van der Waals surface area contributed by atoms with Gasteiger partial charge in [0.15, 0.2) is 5.96 Å². The van der Waals surface area contributed by atoms with Gasteiger partial charge in [0.25, 0.3) is 0 Å². The average Bonchev–Trinajstić information content (AvgIpc) is 3.23. The molecule has 3 aromatic rings. The number of rotatable bonds is 5. The number of aromatic nitrogens is 4. The predicted molar refractivity (Wildman–Crippen MR) is 129 cm³/mol. The molecule has 0 unspecified atom stereocenters. The highest BCUT2D eigenvalue weighted by Gasteiger charge is 2.21. The first-order valence-corrected chi connectivity index (χ1v) is 9.84. The summed E-state index contributed by atoms with van der Waals surface area (Å²) in [4.78, 5) is 17.6. The summed E-state index contributed by atoms with van der Waals surface area (Å²) in [6.07, 6.45) is 7.56. The monoisotopic (exact) mass is 518 g/mol. The molecule has 0 aliphatic carbocycles. The summed E-state index contributed by atoms with van der Waals surface area (Å²) in [6.45, 7) is 4.98. The number of piperazine rings is 1. The fraction of sp³-hybridized carbons (Fsp3) is 0.333. The van der Waals surface area contributed by atoms with Crippen LogP contribution in [0.4, 0.5) is 5.95 Å². The topological polar surface area (TPSA) is 74.5 Å². The highest BCUT2D eigenvalue weighted by molar-refractivity contribution is 14.0. The molecule has 1 saturated heterocycles. The first kappa shape index (κ1) is 22.0. The number of aliphatic imine (C=N–C) groups is 1. The predicted octanol–water partition coefficient (Wildman–Crippen LogP) is 2.24. The third kappa shape index (κ3) is 5.68. The van der Waals surface area contributed by atoms with Crippen molar-refractivity contribution in [3.63, 3.8) is 0 Å². The molecule has 1 aliphatic rings. The maximum atomic E-state index is 4.47. The van der Waals surface area contributed by atoms with Gasteiger partial charge in [0.05, 0.1) is 12.7 Å². The number of nitrogens with zero attached hydrogens (tertiary/aromatic N) is 7. The van der Waals surface area contributed by atoms with Crippen LogP contribution in [0.1, 0.15) is 11.1 Å². The SMILES string of the molecule is CN=C(NCc1cnn(Cc2ccccc2)c1)N1CCN(c2ncccn2)CC1.I. The molecule has 0 bridgehead atoms. The Bertz CT molecular complexity index is 920. The van der Waals surface area contributed by atoms with Gasteiger partial charge in [0, 0.05) is 63.9 Å². The minimum Gasteiger partial charge on any atom is -0.352 e. The number of benzene rings is 1. The van der Waals surface area contributed by atoms with E-state index in [4.69, 9.17) is 0 Å². The second-order valence-corrected chi connectivity index (χ2v) is 6.96. The molecule has 1 aliphatic heterocycles. The van der Waals surface area contributed by atoms with Gasteiger partial charge in [-0.3, -0.25) is 9.67 Å². The number of nitrogens with one attached hydrogen (secondary N) is 1. The van der Waals surface area contributed by atoms with E-state index in [0.717, 1.165) is 50.2 Å². The summed E-state index contributed by atoms with van der Waals surface area (Å²) in [5.74, 6) is 1.70. The van der Waals surface area contributed by atoms with E-state index in [2.05, 4.69) is 65.6 Å². The minimum atomic E-state index is 0. The second kappa shape index (κ2) is 10.9. The van der Waals surface area contributed by atoms with Gasteiger partial charge in [-0.1, -0.05) is 30.3 Å². The Morgan fingerprint density at radius 3 is 2.43 bits per heavy atom. The zero-order chi connectivity index (χ0) is 19.9. The molecule has 0 radical (unpaired) electrons. The Labute approximate surface area is 194 Å². The summed E-state index contributed by atoms with van der Waals surface area (Å²) in [6, 6.07) is 12.2. The van der Waals surface area contributed by atoms with E-state index in [1.165, 1.54) is 5.56 Å². The van der Waals surface area contributed by atoms with Gasteiger partial charge in [-0.05, 0) is 11.6 Å². The minimum absolute atomic E-state index is 0. The highest BCUT2D eigenvalue weighted by atomic mass is 127. The molecule has 1 fully saturated rings. The lowest BCUT2D eigenvalue weighted by molar-refractivity contribution is 0.370. The van der Waals surface area contributed by atoms with Crippen LogP contribution in [0.2, 0.25) is 0 Å². The first-order valence-electron chi connectivity index (χ1n) is 9.84. The van der Waals surface area contributed by atoms with Crippen LogP contribution in [0, 0.1) is 0 Å². The number of guanidine groups is 1. The van der Waals surface area contributed by atoms with Crippen LogP contribution in [0.5, 0.6) is 0 Å². The molecule has 9 heteroatoms. The molecule has 1 aromatic carbocycles. The molecule has 30 heavy (non-hydrogen) atoms. The lowest BCUT2D eigenvalue weighted by atomic mass is 10.2. The van der Waals surface area contributed by atoms with Crippen molar-refractivity contribution >= 4 is 35.9 Å². The first-order chi connectivity index (χ1) is 14.3. The Morgan fingerprint density at radius 2 is 1.73 bits per heavy atom. The molecule has 0 amide bonds. The standard InChI is InChI=1S/C21H26N8.HI/c1-22-20(27-10-12-28(13-11-27)21-23-8-5-9-24-21)25-14-19-15-26-29(17-19)16-18-6-3-2-4-7-18;/h2-9,15,17H,10-14,16H2,1H3,(H,22,25);1H. The largest absolute Gasteiger partial charge is 0.352 e. The summed E-state index contributed by atoms with van der Waals surface area (Å²) in [5.41, 5.74) is 2.38. The van der Waals surface area contributed by atoms with Crippen molar-refractivity contribution in [2.75, 3.05) is 38.1 Å². The number of halogens is 1. The van der Waals surface area contributed by atoms with E-state index in [1.807, 2.05) is 30.1 Å². The van der Waals surface area contributed by atoms with E-state index in [1.54, 1.807) is 12.4 Å². The van der Waals surface area contributed by atoms with Gasteiger partial charge < -0.3 is 15.1 Å². The van der Waals surface area contributed by atoms with Crippen LogP contribution in [0.15, 0.2) is 66.2 Å². The molecule has 0 atom stereocenters. The molecule has 8 nitrogen and oxygen atoms in total. The van der Waals surface area contributed by atoms with Gasteiger partial charge in [-0.2, -0.15) is 5.10 Å². The Kier molecular flexibility index (Phi) is 8.00. The lowest BCUT2D eigenvalue weighted by Crippen LogP contribution is -2.52. The number of hydrogen-bond acceptors (Lipinski definition) is 5. The molecule has 3 heterocycles. The van der Waals surface area contributed by atoms with Crippen molar-refractivity contribution in [2.45, 2.75) is 13.1 Å². The zero-order valence-electron chi connectivity index (χ0n) is 17.1. The van der Waals surface area contributed by atoms with E-state index >= 15 is 0 Å². The lowest BCUT2D eigenvalue weighted by Gasteiger charge is -2.36. The fourth-order valence-corrected chi connectivity index (χ4v) is 3.44. The maximum Gasteiger partial charge on any atom is 0.225 e. The van der Waals surface area contributed by atoms with Gasteiger partial charge in [0.1, 0.15) is 0 Å². The van der Waals surface area contributed by atoms with Crippen molar-refractivity contribution in [1.82, 2.24) is 30.0 Å².